The molecule has 0 aliphatic carbocycles. The Kier molecular flexibility index (Phi) is 5.82. The number of carbonyl (C=O) groups excluding carboxylic acids is 1. The van der Waals surface area contributed by atoms with E-state index < -0.39 is 0 Å². The van der Waals surface area contributed by atoms with Crippen molar-refractivity contribution >= 4 is 23.6 Å². The first-order valence-corrected chi connectivity index (χ1v) is 7.68. The molecule has 0 amide bonds. The second kappa shape index (κ2) is 7.84. The minimum absolute atomic E-state index is 0.587. The van der Waals surface area contributed by atoms with Gasteiger partial charge in [0.2, 0.25) is 0 Å². The quantitative estimate of drug-likeness (QED) is 0.567. The van der Waals surface area contributed by atoms with Gasteiger partial charge in [0.15, 0.2) is 0 Å². The van der Waals surface area contributed by atoms with Crippen LogP contribution in [0.5, 0.6) is 0 Å². The second-order valence-electron chi connectivity index (χ2n) is 5.07. The molecule has 0 heterocycles. The maximum Gasteiger partial charge on any atom is 0.150 e. The van der Waals surface area contributed by atoms with Crippen molar-refractivity contribution < 1.29 is 4.79 Å². The van der Waals surface area contributed by atoms with Crippen molar-refractivity contribution in [2.75, 3.05) is 23.9 Å². The van der Waals surface area contributed by atoms with Gasteiger partial charge in [0.25, 0.3) is 0 Å². The van der Waals surface area contributed by atoms with E-state index in [0.717, 1.165) is 42.6 Å². The Labute approximate surface area is 131 Å². The van der Waals surface area contributed by atoms with Crippen LogP contribution in [0, 0.1) is 6.92 Å². The molecule has 0 saturated carbocycles. The molecule has 2 aromatic rings. The van der Waals surface area contributed by atoms with E-state index in [-0.39, 0.29) is 0 Å². The smallest absolute Gasteiger partial charge is 0.150 e. The predicted octanol–water partition coefficient (Wildman–Crippen LogP) is 4.10. The minimum atomic E-state index is 0.587. The summed E-state index contributed by atoms with van der Waals surface area (Å²) in [4.78, 5) is 13.2. The zero-order valence-corrected chi connectivity index (χ0v) is 13.0. The molecule has 2 nitrogen and oxygen atoms in total. The van der Waals surface area contributed by atoms with Crippen LogP contribution >= 0.6 is 11.6 Å². The molecule has 0 atom stereocenters. The van der Waals surface area contributed by atoms with Crippen LogP contribution in [0.4, 0.5) is 5.69 Å². The predicted molar refractivity (Wildman–Crippen MR) is 89.6 cm³/mol. The average molecular weight is 302 g/mol. The van der Waals surface area contributed by atoms with Crippen molar-refractivity contribution in [2.24, 2.45) is 0 Å². The highest BCUT2D eigenvalue weighted by atomic mass is 35.5. The normalized spacial score (nSPS) is 10.4. The average Bonchev–Trinajstić information content (AvgIpc) is 2.52. The van der Waals surface area contributed by atoms with Crippen molar-refractivity contribution in [3.8, 4) is 0 Å². The Hall–Kier alpha value is -1.80. The van der Waals surface area contributed by atoms with Crippen molar-refractivity contribution in [3.05, 3.63) is 65.2 Å². The first kappa shape index (κ1) is 15.6. The fourth-order valence-electron chi connectivity index (χ4n) is 2.37. The molecule has 0 fully saturated rings. The van der Waals surface area contributed by atoms with Crippen LogP contribution in [-0.4, -0.2) is 25.3 Å². The third-order valence-electron chi connectivity index (χ3n) is 3.61. The van der Waals surface area contributed by atoms with Gasteiger partial charge in [0, 0.05) is 30.2 Å². The molecular formula is C18H20ClNO. The standard InChI is InChI=1S/C18H20ClNO/c1-15-13-18(8-7-17(15)14-21)20(12-10-19)11-9-16-5-3-2-4-6-16/h2-8,13-14H,9-12H2,1H3. The molecule has 21 heavy (non-hydrogen) atoms. The maximum absolute atomic E-state index is 10.9. The number of hydrogen-bond acceptors (Lipinski definition) is 2. The summed E-state index contributed by atoms with van der Waals surface area (Å²) in [5, 5.41) is 0. The third kappa shape index (κ3) is 4.33. The Morgan fingerprint density at radius 3 is 2.48 bits per heavy atom. The second-order valence-corrected chi connectivity index (χ2v) is 5.45. The molecule has 110 valence electrons. The molecule has 0 aromatic heterocycles. The summed E-state index contributed by atoms with van der Waals surface area (Å²) in [5.41, 5.74) is 4.18. The number of nitrogens with zero attached hydrogens (tertiary/aromatic N) is 1. The van der Waals surface area contributed by atoms with Crippen LogP contribution in [0.3, 0.4) is 0 Å². The summed E-state index contributed by atoms with van der Waals surface area (Å²) in [6.45, 7) is 3.67. The van der Waals surface area contributed by atoms with Gasteiger partial charge in [-0.1, -0.05) is 30.3 Å². The van der Waals surface area contributed by atoms with Crippen LogP contribution in [0.25, 0.3) is 0 Å². The van der Waals surface area contributed by atoms with E-state index in [1.807, 2.05) is 25.1 Å². The largest absolute Gasteiger partial charge is 0.370 e. The highest BCUT2D eigenvalue weighted by Crippen LogP contribution is 2.19. The topological polar surface area (TPSA) is 20.3 Å². The van der Waals surface area contributed by atoms with E-state index in [4.69, 9.17) is 11.6 Å². The minimum Gasteiger partial charge on any atom is -0.370 e. The lowest BCUT2D eigenvalue weighted by Gasteiger charge is -2.24. The molecular weight excluding hydrogens is 282 g/mol. The molecule has 0 aliphatic rings. The molecule has 2 aromatic carbocycles. The van der Waals surface area contributed by atoms with Crippen molar-refractivity contribution in [1.82, 2.24) is 0 Å². The Bertz CT molecular complexity index is 583. The Morgan fingerprint density at radius 2 is 1.86 bits per heavy atom. The van der Waals surface area contributed by atoms with Crippen molar-refractivity contribution in [1.29, 1.82) is 0 Å². The Balaban J connectivity index is 2.11. The summed E-state index contributed by atoms with van der Waals surface area (Å²) in [7, 11) is 0. The number of aryl methyl sites for hydroxylation is 1. The first-order chi connectivity index (χ1) is 10.2. The zero-order valence-electron chi connectivity index (χ0n) is 12.3. The lowest BCUT2D eigenvalue weighted by molar-refractivity contribution is 0.112. The van der Waals surface area contributed by atoms with Crippen molar-refractivity contribution in [3.63, 3.8) is 0 Å². The summed E-state index contributed by atoms with van der Waals surface area (Å²) >= 11 is 5.93. The molecule has 0 unspecified atom stereocenters. The van der Waals surface area contributed by atoms with Gasteiger partial charge in [-0.3, -0.25) is 4.79 Å². The zero-order chi connectivity index (χ0) is 15.1. The van der Waals surface area contributed by atoms with E-state index in [9.17, 15) is 4.79 Å². The van der Waals surface area contributed by atoms with Gasteiger partial charge in [-0.2, -0.15) is 0 Å². The molecule has 0 bridgehead atoms. The van der Waals surface area contributed by atoms with Gasteiger partial charge in [0.05, 0.1) is 0 Å². The van der Waals surface area contributed by atoms with Gasteiger partial charge in [0.1, 0.15) is 6.29 Å². The fraction of sp³-hybridized carbons (Fsp3) is 0.278. The number of benzene rings is 2. The van der Waals surface area contributed by atoms with E-state index >= 15 is 0 Å². The molecule has 3 heteroatoms. The fourth-order valence-corrected chi connectivity index (χ4v) is 2.57. The summed E-state index contributed by atoms with van der Waals surface area (Å²) in [6, 6.07) is 16.4. The van der Waals surface area contributed by atoms with Gasteiger partial charge in [-0.05, 0) is 42.7 Å². The molecule has 0 N–H and O–H groups in total. The molecule has 0 saturated heterocycles. The summed E-state index contributed by atoms with van der Waals surface area (Å²) in [6.07, 6.45) is 1.88. The number of rotatable bonds is 7. The monoisotopic (exact) mass is 301 g/mol. The number of halogens is 1. The van der Waals surface area contributed by atoms with Gasteiger partial charge >= 0.3 is 0 Å². The van der Waals surface area contributed by atoms with Crippen LogP contribution < -0.4 is 4.90 Å². The molecule has 2 rings (SSSR count). The van der Waals surface area contributed by atoms with Gasteiger partial charge in [-0.15, -0.1) is 11.6 Å². The van der Waals surface area contributed by atoms with E-state index in [1.54, 1.807) is 0 Å². The first-order valence-electron chi connectivity index (χ1n) is 7.15. The Morgan fingerprint density at radius 1 is 1.10 bits per heavy atom. The number of carbonyl (C=O) groups is 1. The summed E-state index contributed by atoms with van der Waals surface area (Å²) in [5.74, 6) is 0.587. The number of anilines is 1. The number of aldehydes is 1. The maximum atomic E-state index is 10.9. The number of alkyl halides is 1. The van der Waals surface area contributed by atoms with Crippen LogP contribution in [-0.2, 0) is 6.42 Å². The summed E-state index contributed by atoms with van der Waals surface area (Å²) < 4.78 is 0. The van der Waals surface area contributed by atoms with Gasteiger partial charge < -0.3 is 4.90 Å². The molecule has 0 aliphatic heterocycles. The van der Waals surface area contributed by atoms with E-state index in [1.165, 1.54) is 5.56 Å². The molecule has 0 spiro atoms. The third-order valence-corrected chi connectivity index (χ3v) is 3.78. The van der Waals surface area contributed by atoms with Crippen molar-refractivity contribution in [2.45, 2.75) is 13.3 Å². The van der Waals surface area contributed by atoms with Crippen LogP contribution in [0.15, 0.2) is 48.5 Å². The van der Waals surface area contributed by atoms with E-state index in [2.05, 4.69) is 35.2 Å². The highest BCUT2D eigenvalue weighted by Gasteiger charge is 2.08. The van der Waals surface area contributed by atoms with Crippen LogP contribution in [0.1, 0.15) is 21.5 Å². The SMILES string of the molecule is Cc1cc(N(CCCl)CCc2ccccc2)ccc1C=O. The molecule has 0 radical (unpaired) electrons. The van der Waals surface area contributed by atoms with Crippen LogP contribution in [0.2, 0.25) is 0 Å². The lowest BCUT2D eigenvalue weighted by atomic mass is 10.1. The lowest BCUT2D eigenvalue weighted by Crippen LogP contribution is -2.28. The number of hydrogen-bond donors (Lipinski definition) is 0. The van der Waals surface area contributed by atoms with E-state index in [0.29, 0.717) is 5.88 Å². The highest BCUT2D eigenvalue weighted by molar-refractivity contribution is 6.18. The van der Waals surface area contributed by atoms with Gasteiger partial charge in [-0.25, -0.2) is 0 Å².